The summed E-state index contributed by atoms with van der Waals surface area (Å²) in [6.45, 7) is 2.25. The molecule has 1 aliphatic rings. The molecule has 0 heterocycles. The molecular weight excluding hydrogens is 234 g/mol. The highest BCUT2D eigenvalue weighted by atomic mass is 19.2. The van der Waals surface area contributed by atoms with Gasteiger partial charge in [0, 0.05) is 6.04 Å². The Morgan fingerprint density at radius 3 is 2.39 bits per heavy atom. The van der Waals surface area contributed by atoms with Gasteiger partial charge in [-0.25, -0.2) is 8.78 Å². The Labute approximate surface area is 107 Å². The average Bonchev–Trinajstić information content (AvgIpc) is 2.37. The van der Waals surface area contributed by atoms with Gasteiger partial charge in [0.25, 0.3) is 0 Å². The van der Waals surface area contributed by atoms with Gasteiger partial charge in [0.15, 0.2) is 11.6 Å². The van der Waals surface area contributed by atoms with Crippen molar-refractivity contribution >= 4 is 0 Å². The van der Waals surface area contributed by atoms with Crippen LogP contribution in [-0.4, -0.2) is 0 Å². The third-order valence-electron chi connectivity index (χ3n) is 4.01. The molecule has 2 nitrogen and oxygen atoms in total. The predicted octanol–water partition coefficient (Wildman–Crippen LogP) is 3.30. The number of rotatable bonds is 3. The molecule has 0 bridgehead atoms. The molecule has 1 atom stereocenters. The first kappa shape index (κ1) is 13.4. The third-order valence-corrected chi connectivity index (χ3v) is 4.01. The fraction of sp³-hybridized carbons (Fsp3) is 0.571. The minimum atomic E-state index is -0.813. The Balaban J connectivity index is 2.14. The molecule has 0 saturated heterocycles. The Kier molecular flexibility index (Phi) is 4.30. The molecule has 1 fully saturated rings. The van der Waals surface area contributed by atoms with Crippen LogP contribution in [0.25, 0.3) is 0 Å². The summed E-state index contributed by atoms with van der Waals surface area (Å²) in [7, 11) is 0. The molecule has 0 amide bonds. The zero-order valence-corrected chi connectivity index (χ0v) is 10.6. The van der Waals surface area contributed by atoms with E-state index in [2.05, 4.69) is 12.3 Å². The number of hydrazine groups is 1. The lowest BCUT2D eigenvalue weighted by Crippen LogP contribution is -2.35. The van der Waals surface area contributed by atoms with E-state index in [9.17, 15) is 8.78 Å². The standard InChI is InChI=1S/C14H20F2N2/c1-9-2-4-10(5-3-9)14(18-17)11-6-7-12(15)13(16)8-11/h6-10,14,18H,2-5,17H2,1H3. The molecule has 0 aromatic heterocycles. The van der Waals surface area contributed by atoms with E-state index in [1.807, 2.05) is 0 Å². The molecule has 1 saturated carbocycles. The molecule has 1 aliphatic carbocycles. The van der Waals surface area contributed by atoms with Crippen molar-refractivity contribution < 1.29 is 8.78 Å². The van der Waals surface area contributed by atoms with Crippen molar-refractivity contribution in [3.63, 3.8) is 0 Å². The summed E-state index contributed by atoms with van der Waals surface area (Å²) in [6, 6.07) is 3.94. The van der Waals surface area contributed by atoms with E-state index >= 15 is 0 Å². The van der Waals surface area contributed by atoms with Crippen LogP contribution in [0.3, 0.4) is 0 Å². The van der Waals surface area contributed by atoms with Crippen molar-refractivity contribution in [2.24, 2.45) is 17.7 Å². The fourth-order valence-electron chi connectivity index (χ4n) is 2.83. The molecule has 4 heteroatoms. The highest BCUT2D eigenvalue weighted by Crippen LogP contribution is 2.36. The zero-order valence-electron chi connectivity index (χ0n) is 10.6. The Morgan fingerprint density at radius 2 is 1.83 bits per heavy atom. The van der Waals surface area contributed by atoms with E-state index in [4.69, 9.17) is 5.84 Å². The monoisotopic (exact) mass is 254 g/mol. The SMILES string of the molecule is CC1CCC(C(NN)c2ccc(F)c(F)c2)CC1. The summed E-state index contributed by atoms with van der Waals surface area (Å²) < 4.78 is 26.2. The summed E-state index contributed by atoms with van der Waals surface area (Å²) in [6.07, 6.45) is 4.50. The van der Waals surface area contributed by atoms with Gasteiger partial charge in [-0.1, -0.05) is 25.8 Å². The average molecular weight is 254 g/mol. The van der Waals surface area contributed by atoms with Gasteiger partial charge >= 0.3 is 0 Å². The van der Waals surface area contributed by atoms with E-state index in [1.165, 1.54) is 25.0 Å². The largest absolute Gasteiger partial charge is 0.271 e. The molecule has 1 aromatic rings. The van der Waals surface area contributed by atoms with Gasteiger partial charge < -0.3 is 0 Å². The summed E-state index contributed by atoms with van der Waals surface area (Å²) >= 11 is 0. The van der Waals surface area contributed by atoms with Crippen molar-refractivity contribution in [1.82, 2.24) is 5.43 Å². The lowest BCUT2D eigenvalue weighted by Gasteiger charge is -2.32. The smallest absolute Gasteiger partial charge is 0.159 e. The minimum absolute atomic E-state index is 0.0902. The van der Waals surface area contributed by atoms with Crippen LogP contribution in [0.5, 0.6) is 0 Å². The molecule has 0 spiro atoms. The maximum Gasteiger partial charge on any atom is 0.159 e. The molecular formula is C14H20F2N2. The fourth-order valence-corrected chi connectivity index (χ4v) is 2.83. The molecule has 3 N–H and O–H groups in total. The lowest BCUT2D eigenvalue weighted by molar-refractivity contribution is 0.232. The van der Waals surface area contributed by atoms with Crippen LogP contribution in [0, 0.1) is 23.5 Å². The second-order valence-electron chi connectivity index (χ2n) is 5.34. The first-order valence-electron chi connectivity index (χ1n) is 6.53. The van der Waals surface area contributed by atoms with Gasteiger partial charge in [-0.2, -0.15) is 0 Å². The van der Waals surface area contributed by atoms with Crippen LogP contribution in [0.4, 0.5) is 8.78 Å². The van der Waals surface area contributed by atoms with E-state index in [1.54, 1.807) is 6.07 Å². The number of hydrogen-bond acceptors (Lipinski definition) is 2. The Hall–Kier alpha value is -1.00. The molecule has 1 unspecified atom stereocenters. The molecule has 1 aromatic carbocycles. The van der Waals surface area contributed by atoms with Gasteiger partial charge in [0.2, 0.25) is 0 Å². The van der Waals surface area contributed by atoms with Gasteiger partial charge in [0.1, 0.15) is 0 Å². The predicted molar refractivity (Wildman–Crippen MR) is 67.5 cm³/mol. The number of hydrogen-bond donors (Lipinski definition) is 2. The minimum Gasteiger partial charge on any atom is -0.271 e. The number of nitrogens with two attached hydrogens (primary N) is 1. The molecule has 100 valence electrons. The molecule has 0 radical (unpaired) electrons. The van der Waals surface area contributed by atoms with Crippen molar-refractivity contribution in [3.05, 3.63) is 35.4 Å². The van der Waals surface area contributed by atoms with Crippen LogP contribution in [0.1, 0.15) is 44.2 Å². The zero-order chi connectivity index (χ0) is 13.1. The summed E-state index contributed by atoms with van der Waals surface area (Å²) in [5, 5.41) is 0. The molecule has 2 rings (SSSR count). The van der Waals surface area contributed by atoms with Crippen molar-refractivity contribution in [1.29, 1.82) is 0 Å². The van der Waals surface area contributed by atoms with Gasteiger partial charge in [-0.3, -0.25) is 11.3 Å². The third kappa shape index (κ3) is 2.87. The van der Waals surface area contributed by atoms with E-state index in [0.717, 1.165) is 24.3 Å². The maximum atomic E-state index is 13.3. The van der Waals surface area contributed by atoms with Crippen LogP contribution in [0.2, 0.25) is 0 Å². The highest BCUT2D eigenvalue weighted by Gasteiger charge is 2.27. The molecule has 0 aliphatic heterocycles. The summed E-state index contributed by atoms with van der Waals surface area (Å²) in [5.74, 6) is 5.12. The number of benzene rings is 1. The van der Waals surface area contributed by atoms with Crippen LogP contribution < -0.4 is 11.3 Å². The second kappa shape index (κ2) is 5.76. The van der Waals surface area contributed by atoms with Crippen LogP contribution in [0.15, 0.2) is 18.2 Å². The van der Waals surface area contributed by atoms with Crippen molar-refractivity contribution in [2.75, 3.05) is 0 Å². The first-order valence-corrected chi connectivity index (χ1v) is 6.53. The normalized spacial score (nSPS) is 26.0. The summed E-state index contributed by atoms with van der Waals surface area (Å²) in [4.78, 5) is 0. The van der Waals surface area contributed by atoms with Gasteiger partial charge in [0.05, 0.1) is 0 Å². The molecule has 18 heavy (non-hydrogen) atoms. The van der Waals surface area contributed by atoms with Crippen molar-refractivity contribution in [3.8, 4) is 0 Å². The Morgan fingerprint density at radius 1 is 1.17 bits per heavy atom. The highest BCUT2D eigenvalue weighted by molar-refractivity contribution is 5.22. The van der Waals surface area contributed by atoms with E-state index in [0.29, 0.717) is 5.92 Å². The Bertz CT molecular complexity index is 401. The topological polar surface area (TPSA) is 38.0 Å². The first-order chi connectivity index (χ1) is 8.61. The van der Waals surface area contributed by atoms with Crippen LogP contribution in [-0.2, 0) is 0 Å². The van der Waals surface area contributed by atoms with Crippen LogP contribution >= 0.6 is 0 Å². The second-order valence-corrected chi connectivity index (χ2v) is 5.34. The lowest BCUT2D eigenvalue weighted by atomic mass is 9.77. The van der Waals surface area contributed by atoms with Gasteiger partial charge in [-0.05, 0) is 42.4 Å². The van der Waals surface area contributed by atoms with E-state index in [-0.39, 0.29) is 6.04 Å². The van der Waals surface area contributed by atoms with Gasteiger partial charge in [-0.15, -0.1) is 0 Å². The van der Waals surface area contributed by atoms with E-state index < -0.39 is 11.6 Å². The number of nitrogens with one attached hydrogen (secondary N) is 1. The quantitative estimate of drug-likeness (QED) is 0.641. The van der Waals surface area contributed by atoms with Crippen molar-refractivity contribution in [2.45, 2.75) is 38.6 Å². The maximum absolute atomic E-state index is 13.3. The number of halogens is 2. The summed E-state index contributed by atoms with van der Waals surface area (Å²) in [5.41, 5.74) is 3.49.